The lowest BCUT2D eigenvalue weighted by Crippen LogP contribution is -2.34. The van der Waals surface area contributed by atoms with Gasteiger partial charge in [0.25, 0.3) is 0 Å². The highest BCUT2D eigenvalue weighted by Gasteiger charge is 2.23. The molecule has 0 spiro atoms. The van der Waals surface area contributed by atoms with Crippen LogP contribution in [-0.2, 0) is 4.79 Å². The third-order valence-corrected chi connectivity index (χ3v) is 2.28. The zero-order valence-corrected chi connectivity index (χ0v) is 9.45. The normalized spacial score (nSPS) is 14.1. The molecule has 0 bridgehead atoms. The van der Waals surface area contributed by atoms with E-state index in [9.17, 15) is 28.2 Å². The second-order valence-corrected chi connectivity index (χ2v) is 3.74. The van der Waals surface area contributed by atoms with Crippen molar-refractivity contribution in [2.45, 2.75) is 19.1 Å². The maximum atomic E-state index is 13.3. The maximum Gasteiger partial charge on any atom is 0.216 e. The molecule has 0 saturated carbocycles. The number of hydrogen-bond acceptors (Lipinski definition) is 3. The summed E-state index contributed by atoms with van der Waals surface area (Å²) in [6.07, 6.45) is -3.31. The van der Waals surface area contributed by atoms with E-state index < -0.39 is 41.1 Å². The molecule has 4 nitrogen and oxygen atoms in total. The van der Waals surface area contributed by atoms with Gasteiger partial charge in [0.05, 0.1) is 0 Å². The number of amides is 1. The van der Waals surface area contributed by atoms with Gasteiger partial charge in [0.2, 0.25) is 5.91 Å². The fourth-order valence-corrected chi connectivity index (χ4v) is 1.33. The van der Waals surface area contributed by atoms with Crippen LogP contribution in [0.3, 0.4) is 0 Å². The largest absolute Gasteiger partial charge is 0.388 e. The third-order valence-electron chi connectivity index (χ3n) is 2.28. The number of hydrogen-bond donors (Lipinski definition) is 3. The van der Waals surface area contributed by atoms with E-state index in [-0.39, 0.29) is 12.6 Å². The van der Waals surface area contributed by atoms with Crippen LogP contribution < -0.4 is 5.32 Å². The number of aliphatic hydroxyl groups excluding tert-OH is 2. The Hall–Kier alpha value is -1.60. The van der Waals surface area contributed by atoms with E-state index in [1.54, 1.807) is 0 Å². The summed E-state index contributed by atoms with van der Waals surface area (Å²) in [7, 11) is 0. The topological polar surface area (TPSA) is 69.6 Å². The summed E-state index contributed by atoms with van der Waals surface area (Å²) < 4.78 is 38.8. The Balaban J connectivity index is 2.86. The molecule has 0 heterocycles. The molecule has 0 aromatic heterocycles. The van der Waals surface area contributed by atoms with Crippen molar-refractivity contribution < 1.29 is 28.2 Å². The summed E-state index contributed by atoms with van der Waals surface area (Å²) in [4.78, 5) is 10.6. The van der Waals surface area contributed by atoms with Crippen LogP contribution in [0, 0.1) is 17.5 Å². The van der Waals surface area contributed by atoms with E-state index in [2.05, 4.69) is 5.32 Å². The van der Waals surface area contributed by atoms with Gasteiger partial charge in [-0.2, -0.15) is 0 Å². The molecule has 0 saturated heterocycles. The average Bonchev–Trinajstić information content (AvgIpc) is 2.29. The average molecular weight is 263 g/mol. The number of carbonyl (C=O) groups excluding carboxylic acids is 1. The molecule has 18 heavy (non-hydrogen) atoms. The number of halogens is 3. The van der Waals surface area contributed by atoms with Gasteiger partial charge in [-0.1, -0.05) is 0 Å². The van der Waals surface area contributed by atoms with E-state index in [1.165, 1.54) is 6.92 Å². The molecule has 0 aliphatic rings. The first kappa shape index (κ1) is 14.5. The highest BCUT2D eigenvalue weighted by atomic mass is 19.2. The predicted octanol–water partition coefficient (Wildman–Crippen LogP) is 0.634. The Morgan fingerprint density at radius 1 is 1.22 bits per heavy atom. The van der Waals surface area contributed by atoms with Gasteiger partial charge >= 0.3 is 0 Å². The van der Waals surface area contributed by atoms with Crippen molar-refractivity contribution in [3.05, 3.63) is 35.1 Å². The highest BCUT2D eigenvalue weighted by molar-refractivity contribution is 5.72. The Morgan fingerprint density at radius 3 is 2.33 bits per heavy atom. The Labute approximate surface area is 101 Å². The minimum absolute atomic E-state index is 0.277. The van der Waals surface area contributed by atoms with Crippen LogP contribution in [0.4, 0.5) is 13.2 Å². The zero-order valence-electron chi connectivity index (χ0n) is 9.45. The Bertz CT molecular complexity index is 453. The summed E-state index contributed by atoms with van der Waals surface area (Å²) >= 11 is 0. The first-order chi connectivity index (χ1) is 8.32. The monoisotopic (exact) mass is 263 g/mol. The van der Waals surface area contributed by atoms with Crippen LogP contribution in [0.1, 0.15) is 18.6 Å². The fourth-order valence-electron chi connectivity index (χ4n) is 1.33. The molecule has 7 heteroatoms. The quantitative estimate of drug-likeness (QED) is 0.698. The van der Waals surface area contributed by atoms with Crippen molar-refractivity contribution >= 4 is 5.91 Å². The minimum atomic E-state index is -1.77. The fraction of sp³-hybridized carbons (Fsp3) is 0.364. The van der Waals surface area contributed by atoms with Crippen LogP contribution in [0.15, 0.2) is 12.1 Å². The molecule has 100 valence electrons. The molecule has 3 N–H and O–H groups in total. The van der Waals surface area contributed by atoms with Crippen molar-refractivity contribution in [2.75, 3.05) is 6.54 Å². The molecule has 0 radical (unpaired) electrons. The highest BCUT2D eigenvalue weighted by Crippen LogP contribution is 2.22. The number of aliphatic hydroxyl groups is 2. The van der Waals surface area contributed by atoms with E-state index in [0.29, 0.717) is 6.07 Å². The number of rotatable bonds is 4. The Kier molecular flexibility index (Phi) is 4.69. The molecule has 1 aromatic carbocycles. The summed E-state index contributed by atoms with van der Waals surface area (Å²) in [6.45, 7) is 0.853. The van der Waals surface area contributed by atoms with Gasteiger partial charge in [0.1, 0.15) is 18.0 Å². The van der Waals surface area contributed by atoms with Crippen LogP contribution in [0.25, 0.3) is 0 Å². The van der Waals surface area contributed by atoms with E-state index in [0.717, 1.165) is 0 Å². The van der Waals surface area contributed by atoms with Gasteiger partial charge in [0, 0.05) is 25.1 Å². The van der Waals surface area contributed by atoms with E-state index in [1.807, 2.05) is 0 Å². The second kappa shape index (κ2) is 5.83. The van der Waals surface area contributed by atoms with E-state index in [4.69, 9.17) is 0 Å². The van der Waals surface area contributed by atoms with Gasteiger partial charge in [-0.05, 0) is 6.07 Å². The zero-order chi connectivity index (χ0) is 13.9. The maximum absolute atomic E-state index is 13.3. The molecular weight excluding hydrogens is 251 g/mol. The van der Waals surface area contributed by atoms with Crippen LogP contribution in [0.2, 0.25) is 0 Å². The van der Waals surface area contributed by atoms with Crippen molar-refractivity contribution in [2.24, 2.45) is 0 Å². The van der Waals surface area contributed by atoms with Crippen LogP contribution >= 0.6 is 0 Å². The third kappa shape index (κ3) is 3.44. The lowest BCUT2D eigenvalue weighted by molar-refractivity contribution is -0.119. The smallest absolute Gasteiger partial charge is 0.216 e. The van der Waals surface area contributed by atoms with Gasteiger partial charge in [-0.15, -0.1) is 0 Å². The molecule has 0 fully saturated rings. The lowest BCUT2D eigenvalue weighted by Gasteiger charge is -2.19. The van der Waals surface area contributed by atoms with Gasteiger partial charge in [-0.25, -0.2) is 13.2 Å². The van der Waals surface area contributed by atoms with Gasteiger partial charge in [0.15, 0.2) is 11.6 Å². The van der Waals surface area contributed by atoms with Crippen LogP contribution in [-0.4, -0.2) is 28.8 Å². The first-order valence-electron chi connectivity index (χ1n) is 5.08. The molecule has 0 aliphatic carbocycles. The summed E-state index contributed by atoms with van der Waals surface area (Å²) in [5.74, 6) is -4.35. The van der Waals surface area contributed by atoms with Crippen molar-refractivity contribution in [3.63, 3.8) is 0 Å². The van der Waals surface area contributed by atoms with Crippen LogP contribution in [0.5, 0.6) is 0 Å². The molecular formula is C11H12F3NO3. The predicted molar refractivity (Wildman–Crippen MR) is 56.0 cm³/mol. The van der Waals surface area contributed by atoms with Gasteiger partial charge in [-0.3, -0.25) is 4.79 Å². The SMILES string of the molecule is CC(=O)NCC(O)C(O)c1cc(F)c(F)cc1F. The van der Waals surface area contributed by atoms with Crippen molar-refractivity contribution in [3.8, 4) is 0 Å². The summed E-state index contributed by atoms with van der Waals surface area (Å²) in [5.41, 5.74) is -0.577. The molecule has 1 aromatic rings. The summed E-state index contributed by atoms with van der Waals surface area (Å²) in [6, 6.07) is 0.741. The van der Waals surface area contributed by atoms with Crippen molar-refractivity contribution in [1.82, 2.24) is 5.32 Å². The first-order valence-corrected chi connectivity index (χ1v) is 5.08. The van der Waals surface area contributed by atoms with Gasteiger partial charge < -0.3 is 15.5 Å². The molecule has 1 rings (SSSR count). The molecule has 1 amide bonds. The lowest BCUT2D eigenvalue weighted by atomic mass is 10.0. The van der Waals surface area contributed by atoms with Crippen molar-refractivity contribution in [1.29, 1.82) is 0 Å². The standard InChI is InChI=1S/C11H12F3NO3/c1-5(16)15-4-10(17)11(18)6-2-8(13)9(14)3-7(6)12/h2-3,10-11,17-18H,4H2,1H3,(H,15,16). The number of carbonyl (C=O) groups is 1. The Morgan fingerprint density at radius 2 is 1.78 bits per heavy atom. The van der Waals surface area contributed by atoms with E-state index >= 15 is 0 Å². The number of nitrogens with one attached hydrogen (secondary N) is 1. The molecule has 2 atom stereocenters. The summed E-state index contributed by atoms with van der Waals surface area (Å²) in [5, 5.41) is 21.2. The second-order valence-electron chi connectivity index (χ2n) is 3.74. The molecule has 2 unspecified atom stereocenters. The minimum Gasteiger partial charge on any atom is -0.388 e. The molecule has 0 aliphatic heterocycles. The number of benzene rings is 1.